The van der Waals surface area contributed by atoms with Crippen LogP contribution in [0.5, 0.6) is 0 Å². The summed E-state index contributed by atoms with van der Waals surface area (Å²) in [5.74, 6) is -0.904. The van der Waals surface area contributed by atoms with Gasteiger partial charge in [0.25, 0.3) is 5.69 Å². The number of aromatic nitrogens is 1. The van der Waals surface area contributed by atoms with Crippen molar-refractivity contribution in [2.24, 2.45) is 0 Å². The zero-order chi connectivity index (χ0) is 14.7. The van der Waals surface area contributed by atoms with Crippen molar-refractivity contribution in [2.45, 2.75) is 13.3 Å². The number of rotatable bonds is 5. The monoisotopic (exact) mass is 275 g/mol. The van der Waals surface area contributed by atoms with Crippen LogP contribution < -0.4 is 5.32 Å². The number of pyridine rings is 1. The Morgan fingerprint density at radius 3 is 2.85 bits per heavy atom. The number of hydrogen-bond donors (Lipinski definition) is 2. The fourth-order valence-electron chi connectivity index (χ4n) is 1.91. The summed E-state index contributed by atoms with van der Waals surface area (Å²) in [4.78, 5) is 25.2. The second-order valence-corrected chi connectivity index (χ2v) is 4.34. The van der Waals surface area contributed by atoms with Gasteiger partial charge in [0.1, 0.15) is 0 Å². The third-order valence-corrected chi connectivity index (χ3v) is 2.79. The molecule has 7 heteroatoms. The average molecular weight is 275 g/mol. The molecule has 104 valence electrons. The maximum atomic E-state index is 10.8. The van der Waals surface area contributed by atoms with E-state index in [2.05, 4.69) is 10.3 Å². The molecular weight excluding hydrogens is 262 g/mol. The van der Waals surface area contributed by atoms with Crippen LogP contribution in [-0.2, 0) is 4.79 Å². The first-order chi connectivity index (χ1) is 9.47. The van der Waals surface area contributed by atoms with Crippen LogP contribution in [0, 0.1) is 17.0 Å². The van der Waals surface area contributed by atoms with Gasteiger partial charge in [0.05, 0.1) is 16.9 Å². The third kappa shape index (κ3) is 3.00. The van der Waals surface area contributed by atoms with Crippen LogP contribution in [0.1, 0.15) is 12.1 Å². The summed E-state index contributed by atoms with van der Waals surface area (Å²) in [7, 11) is 0. The van der Waals surface area contributed by atoms with Crippen molar-refractivity contribution in [1.29, 1.82) is 0 Å². The van der Waals surface area contributed by atoms with Crippen molar-refractivity contribution in [2.75, 3.05) is 11.9 Å². The summed E-state index contributed by atoms with van der Waals surface area (Å²) in [6.07, 6.45) is -0.0300. The Bertz CT molecular complexity index is 685. The number of aryl methyl sites for hydroxylation is 1. The molecule has 7 nitrogen and oxygen atoms in total. The summed E-state index contributed by atoms with van der Waals surface area (Å²) in [5, 5.41) is 23.0. The van der Waals surface area contributed by atoms with Gasteiger partial charge in [-0.3, -0.25) is 19.9 Å². The molecule has 0 aliphatic carbocycles. The lowest BCUT2D eigenvalue weighted by Crippen LogP contribution is -2.08. The number of nitro benzene ring substituents is 1. The van der Waals surface area contributed by atoms with Crippen LogP contribution in [0.4, 0.5) is 11.4 Å². The maximum Gasteiger partial charge on any atom is 0.305 e. The van der Waals surface area contributed by atoms with Gasteiger partial charge in [-0.25, -0.2) is 0 Å². The van der Waals surface area contributed by atoms with Crippen molar-refractivity contribution < 1.29 is 14.8 Å². The van der Waals surface area contributed by atoms with Crippen LogP contribution in [0.3, 0.4) is 0 Å². The van der Waals surface area contributed by atoms with Crippen molar-refractivity contribution in [3.8, 4) is 0 Å². The molecule has 0 bridgehead atoms. The lowest BCUT2D eigenvalue weighted by Gasteiger charge is -2.09. The van der Waals surface area contributed by atoms with Crippen molar-refractivity contribution in [1.82, 2.24) is 4.98 Å². The van der Waals surface area contributed by atoms with Crippen molar-refractivity contribution >= 4 is 28.2 Å². The summed E-state index contributed by atoms with van der Waals surface area (Å²) in [6, 6.07) is 6.16. The smallest absolute Gasteiger partial charge is 0.305 e. The molecule has 0 unspecified atom stereocenters. The Kier molecular flexibility index (Phi) is 3.79. The topological polar surface area (TPSA) is 105 Å². The van der Waals surface area contributed by atoms with Gasteiger partial charge in [0.15, 0.2) is 0 Å². The highest BCUT2D eigenvalue weighted by Crippen LogP contribution is 2.27. The average Bonchev–Trinajstić information content (AvgIpc) is 2.37. The number of nitro groups is 1. The molecule has 0 atom stereocenters. The lowest BCUT2D eigenvalue weighted by molar-refractivity contribution is -0.384. The van der Waals surface area contributed by atoms with Crippen LogP contribution in [0.25, 0.3) is 10.9 Å². The highest BCUT2D eigenvalue weighted by Gasteiger charge is 2.10. The van der Waals surface area contributed by atoms with E-state index < -0.39 is 10.9 Å². The van der Waals surface area contributed by atoms with Gasteiger partial charge in [-0.15, -0.1) is 0 Å². The number of fused-ring (bicyclic) bond motifs is 1. The van der Waals surface area contributed by atoms with Crippen molar-refractivity contribution in [3.05, 3.63) is 40.1 Å². The third-order valence-electron chi connectivity index (χ3n) is 2.79. The fourth-order valence-corrected chi connectivity index (χ4v) is 1.91. The molecule has 0 saturated carbocycles. The molecule has 20 heavy (non-hydrogen) atoms. The SMILES string of the molecule is Cc1cc(NCCC(=O)O)c2cc([N+](=O)[O-])ccc2n1. The second kappa shape index (κ2) is 5.52. The van der Waals surface area contributed by atoms with E-state index in [0.717, 1.165) is 5.69 Å². The van der Waals surface area contributed by atoms with Crippen LogP contribution in [0.2, 0.25) is 0 Å². The van der Waals surface area contributed by atoms with Gasteiger partial charge in [-0.2, -0.15) is 0 Å². The molecule has 0 aliphatic rings. The molecule has 0 spiro atoms. The standard InChI is InChI=1S/C13H13N3O4/c1-8-6-12(14-5-4-13(17)18)10-7-9(16(19)20)2-3-11(10)15-8/h2-3,6-7H,4-5H2,1H3,(H,14,15)(H,17,18). The molecule has 0 fully saturated rings. The number of benzene rings is 1. The zero-order valence-corrected chi connectivity index (χ0v) is 10.8. The number of aliphatic carboxylic acids is 1. The van der Waals surface area contributed by atoms with Crippen molar-refractivity contribution in [3.63, 3.8) is 0 Å². The predicted octanol–water partition coefficient (Wildman–Crippen LogP) is 2.34. The summed E-state index contributed by atoms with van der Waals surface area (Å²) < 4.78 is 0. The van der Waals surface area contributed by atoms with E-state index in [0.29, 0.717) is 16.6 Å². The molecule has 0 saturated heterocycles. The Hall–Kier alpha value is -2.70. The van der Waals surface area contributed by atoms with E-state index >= 15 is 0 Å². The zero-order valence-electron chi connectivity index (χ0n) is 10.8. The van der Waals surface area contributed by atoms with Crippen LogP contribution >= 0.6 is 0 Å². The highest BCUT2D eigenvalue weighted by molar-refractivity contribution is 5.93. The fraction of sp³-hybridized carbons (Fsp3) is 0.231. The summed E-state index contributed by atoms with van der Waals surface area (Å²) in [6.45, 7) is 2.06. The molecule has 1 aromatic carbocycles. The largest absolute Gasteiger partial charge is 0.481 e. The normalized spacial score (nSPS) is 10.4. The molecule has 0 aliphatic heterocycles. The van der Waals surface area contributed by atoms with E-state index in [-0.39, 0.29) is 18.7 Å². The first kappa shape index (κ1) is 13.7. The number of carbonyl (C=O) groups is 1. The Morgan fingerprint density at radius 2 is 2.20 bits per heavy atom. The number of nitrogens with zero attached hydrogens (tertiary/aromatic N) is 2. The minimum Gasteiger partial charge on any atom is -0.481 e. The van der Waals surface area contributed by atoms with E-state index in [9.17, 15) is 14.9 Å². The number of carboxylic acids is 1. The molecule has 2 N–H and O–H groups in total. The molecule has 1 heterocycles. The number of anilines is 1. The molecule has 2 rings (SSSR count). The predicted molar refractivity (Wildman–Crippen MR) is 73.9 cm³/mol. The Labute approximate surface area is 114 Å². The lowest BCUT2D eigenvalue weighted by atomic mass is 10.1. The number of carboxylic acid groups (broad SMARTS) is 1. The molecule has 1 aromatic heterocycles. The quantitative estimate of drug-likeness (QED) is 0.641. The molecular formula is C13H13N3O4. The van der Waals surface area contributed by atoms with Gasteiger partial charge in [-0.05, 0) is 19.1 Å². The summed E-state index contributed by atoms with van der Waals surface area (Å²) >= 11 is 0. The maximum absolute atomic E-state index is 10.8. The van der Waals surface area contributed by atoms with Gasteiger partial charge < -0.3 is 10.4 Å². The minimum atomic E-state index is -0.904. The summed E-state index contributed by atoms with van der Waals surface area (Å²) in [5.41, 5.74) is 2.01. The first-order valence-corrected chi connectivity index (χ1v) is 5.99. The van der Waals surface area contributed by atoms with Gasteiger partial charge in [0.2, 0.25) is 0 Å². The van der Waals surface area contributed by atoms with E-state index in [1.165, 1.54) is 12.1 Å². The number of non-ortho nitro benzene ring substituents is 1. The minimum absolute atomic E-state index is 0.0237. The van der Waals surface area contributed by atoms with Gasteiger partial charge >= 0.3 is 5.97 Å². The van der Waals surface area contributed by atoms with E-state index in [4.69, 9.17) is 5.11 Å². The Balaban J connectivity index is 2.42. The molecule has 0 amide bonds. The first-order valence-electron chi connectivity index (χ1n) is 5.99. The van der Waals surface area contributed by atoms with Crippen LogP contribution in [-0.4, -0.2) is 27.5 Å². The van der Waals surface area contributed by atoms with E-state index in [1.807, 2.05) is 6.92 Å². The van der Waals surface area contributed by atoms with Gasteiger partial charge in [-0.1, -0.05) is 0 Å². The molecule has 2 aromatic rings. The molecule has 0 radical (unpaired) electrons. The van der Waals surface area contributed by atoms with Gasteiger partial charge in [0, 0.05) is 35.4 Å². The van der Waals surface area contributed by atoms with Crippen LogP contribution in [0.15, 0.2) is 24.3 Å². The number of nitrogens with one attached hydrogen (secondary N) is 1. The highest BCUT2D eigenvalue weighted by atomic mass is 16.6. The van der Waals surface area contributed by atoms with E-state index in [1.54, 1.807) is 12.1 Å². The second-order valence-electron chi connectivity index (χ2n) is 4.34. The Morgan fingerprint density at radius 1 is 1.45 bits per heavy atom. The number of hydrogen-bond acceptors (Lipinski definition) is 5.